The van der Waals surface area contributed by atoms with Gasteiger partial charge in [-0.1, -0.05) is 18.9 Å². The van der Waals surface area contributed by atoms with Gasteiger partial charge in [0.2, 0.25) is 0 Å². The molecule has 8 nitrogen and oxygen atoms in total. The zero-order chi connectivity index (χ0) is 25.0. The predicted octanol–water partition coefficient (Wildman–Crippen LogP) is 2.68. The number of aromatic nitrogens is 2. The fraction of sp³-hybridized carbons (Fsp3) is 0.522. The molecule has 2 aromatic rings. The highest BCUT2D eigenvalue weighted by atomic mass is 32.2. The lowest BCUT2D eigenvalue weighted by Crippen LogP contribution is -2.41. The van der Waals surface area contributed by atoms with Gasteiger partial charge >= 0.3 is 6.18 Å². The summed E-state index contributed by atoms with van der Waals surface area (Å²) in [7, 11) is 0. The SMILES string of the molecule is C[S+]([O-])CC(=O)Nc1c2c(nn1CCC1CC1)C1(Cc3ccc(OCC(F)(F)F)cc3C1)NC2=O. The van der Waals surface area contributed by atoms with Crippen molar-refractivity contribution in [3.05, 3.63) is 40.6 Å². The molecule has 1 aliphatic heterocycles. The maximum Gasteiger partial charge on any atom is 0.422 e. The van der Waals surface area contributed by atoms with Crippen LogP contribution in [0.4, 0.5) is 19.0 Å². The van der Waals surface area contributed by atoms with Gasteiger partial charge in [-0.3, -0.25) is 9.59 Å². The lowest BCUT2D eigenvalue weighted by Gasteiger charge is -2.23. The molecule has 2 heterocycles. The first kappa shape index (κ1) is 24.0. The molecule has 1 aromatic heterocycles. The number of aryl methyl sites for hydroxylation is 1. The minimum atomic E-state index is -4.44. The molecule has 2 amide bonds. The van der Waals surface area contributed by atoms with Gasteiger partial charge in [0, 0.05) is 19.4 Å². The number of nitrogens with one attached hydrogen (secondary N) is 2. The lowest BCUT2D eigenvalue weighted by atomic mass is 9.93. The third kappa shape index (κ3) is 4.99. The Hall–Kier alpha value is -2.73. The Morgan fingerprint density at radius 3 is 2.77 bits per heavy atom. The van der Waals surface area contributed by atoms with Crippen LogP contribution in [0.2, 0.25) is 0 Å². The minimum absolute atomic E-state index is 0.109. The fourth-order valence-electron chi connectivity index (χ4n) is 4.87. The molecule has 0 saturated heterocycles. The number of fused-ring (bicyclic) bond motifs is 3. The number of halogens is 3. The molecule has 1 saturated carbocycles. The summed E-state index contributed by atoms with van der Waals surface area (Å²) in [5.41, 5.74) is 1.61. The van der Waals surface area contributed by atoms with Gasteiger partial charge in [0.15, 0.2) is 12.4 Å². The molecule has 2 N–H and O–H groups in total. The van der Waals surface area contributed by atoms with E-state index >= 15 is 0 Å². The highest BCUT2D eigenvalue weighted by molar-refractivity contribution is 7.91. The Morgan fingerprint density at radius 2 is 2.09 bits per heavy atom. The zero-order valence-corrected chi connectivity index (χ0v) is 19.9. The van der Waals surface area contributed by atoms with Crippen molar-refractivity contribution in [2.24, 2.45) is 5.92 Å². The van der Waals surface area contributed by atoms with E-state index in [1.807, 2.05) is 0 Å². The molecule has 1 fully saturated rings. The van der Waals surface area contributed by atoms with Crippen LogP contribution < -0.4 is 15.4 Å². The molecule has 2 aliphatic carbocycles. The molecule has 188 valence electrons. The maximum absolute atomic E-state index is 13.1. The molecule has 0 radical (unpaired) electrons. The second-order valence-corrected chi connectivity index (χ2v) is 11.0. The molecule has 0 bridgehead atoms. The number of alkyl halides is 3. The summed E-state index contributed by atoms with van der Waals surface area (Å²) in [5.74, 6) is -0.00665. The van der Waals surface area contributed by atoms with Crippen molar-refractivity contribution in [3.63, 3.8) is 0 Å². The van der Waals surface area contributed by atoms with Crippen LogP contribution in [0.25, 0.3) is 0 Å². The highest BCUT2D eigenvalue weighted by Crippen LogP contribution is 2.45. The summed E-state index contributed by atoms with van der Waals surface area (Å²) in [6.45, 7) is -0.844. The van der Waals surface area contributed by atoms with Gasteiger partial charge < -0.3 is 19.9 Å². The van der Waals surface area contributed by atoms with Crippen LogP contribution in [0.15, 0.2) is 18.2 Å². The largest absolute Gasteiger partial charge is 0.616 e. The fourth-order valence-corrected chi connectivity index (χ4v) is 5.31. The van der Waals surface area contributed by atoms with Crippen molar-refractivity contribution >= 4 is 28.8 Å². The molecular weight excluding hydrogens is 485 g/mol. The zero-order valence-electron chi connectivity index (χ0n) is 19.0. The van der Waals surface area contributed by atoms with E-state index in [4.69, 9.17) is 9.84 Å². The first-order valence-electron chi connectivity index (χ1n) is 11.4. The molecule has 3 aliphatic rings. The topological polar surface area (TPSA) is 108 Å². The van der Waals surface area contributed by atoms with Crippen molar-refractivity contribution < 1.29 is 32.0 Å². The third-order valence-corrected chi connectivity index (χ3v) is 7.26. The Morgan fingerprint density at radius 1 is 1.34 bits per heavy atom. The summed E-state index contributed by atoms with van der Waals surface area (Å²) < 4.78 is 55.7. The smallest absolute Gasteiger partial charge is 0.422 e. The van der Waals surface area contributed by atoms with Crippen LogP contribution in [0.5, 0.6) is 5.75 Å². The van der Waals surface area contributed by atoms with E-state index < -0.39 is 35.4 Å². The number of amides is 2. The van der Waals surface area contributed by atoms with E-state index in [-0.39, 0.29) is 23.0 Å². The molecule has 5 rings (SSSR count). The molecule has 35 heavy (non-hydrogen) atoms. The number of nitrogens with zero attached hydrogens (tertiary/aromatic N) is 2. The summed E-state index contributed by atoms with van der Waals surface area (Å²) in [4.78, 5) is 25.5. The quantitative estimate of drug-likeness (QED) is 0.531. The van der Waals surface area contributed by atoms with E-state index in [1.165, 1.54) is 12.3 Å². The molecule has 1 aromatic carbocycles. The third-order valence-electron chi connectivity index (χ3n) is 6.59. The monoisotopic (exact) mass is 510 g/mol. The van der Waals surface area contributed by atoms with Gasteiger partial charge in [0.1, 0.15) is 22.8 Å². The lowest BCUT2D eigenvalue weighted by molar-refractivity contribution is -0.153. The van der Waals surface area contributed by atoms with Crippen LogP contribution in [0.3, 0.4) is 0 Å². The number of anilines is 1. The number of carbonyl (C=O) groups excluding carboxylic acids is 2. The number of ether oxygens (including phenoxy) is 1. The highest BCUT2D eigenvalue weighted by Gasteiger charge is 2.51. The number of carbonyl (C=O) groups is 2. The van der Waals surface area contributed by atoms with Gasteiger partial charge in [-0.15, -0.1) is 0 Å². The normalized spacial score (nSPS) is 21.6. The number of hydrogen-bond acceptors (Lipinski definition) is 5. The summed E-state index contributed by atoms with van der Waals surface area (Å²) in [6.07, 6.45) is 0.929. The molecule has 2 atom stereocenters. The van der Waals surface area contributed by atoms with Crippen molar-refractivity contribution in [2.45, 2.75) is 50.4 Å². The summed E-state index contributed by atoms with van der Waals surface area (Å²) in [5, 5.41) is 10.5. The number of rotatable bonds is 8. The molecule has 2 unspecified atom stereocenters. The predicted molar refractivity (Wildman–Crippen MR) is 122 cm³/mol. The Balaban J connectivity index is 1.44. The van der Waals surface area contributed by atoms with Gasteiger partial charge in [-0.05, 0) is 46.8 Å². The first-order valence-corrected chi connectivity index (χ1v) is 13.1. The Bertz CT molecular complexity index is 1180. The maximum atomic E-state index is 13.1. The Labute approximate surface area is 202 Å². The second kappa shape index (κ2) is 8.74. The van der Waals surface area contributed by atoms with Gasteiger partial charge in [0.05, 0.1) is 11.8 Å². The number of benzene rings is 1. The van der Waals surface area contributed by atoms with Crippen LogP contribution in [-0.2, 0) is 40.9 Å². The van der Waals surface area contributed by atoms with E-state index in [2.05, 4.69) is 10.6 Å². The van der Waals surface area contributed by atoms with Gasteiger partial charge in [-0.2, -0.15) is 18.3 Å². The van der Waals surface area contributed by atoms with Gasteiger partial charge in [0.25, 0.3) is 11.8 Å². The van der Waals surface area contributed by atoms with E-state index in [0.717, 1.165) is 30.4 Å². The van der Waals surface area contributed by atoms with Gasteiger partial charge in [-0.25, -0.2) is 4.68 Å². The van der Waals surface area contributed by atoms with Crippen LogP contribution in [-0.4, -0.2) is 50.9 Å². The van der Waals surface area contributed by atoms with Crippen LogP contribution in [0, 0.1) is 5.92 Å². The van der Waals surface area contributed by atoms with Crippen molar-refractivity contribution in [1.82, 2.24) is 15.1 Å². The molecular formula is C23H25F3N4O4S. The van der Waals surface area contributed by atoms with Crippen LogP contribution in [0.1, 0.15) is 46.4 Å². The Kier molecular flexibility index (Phi) is 5.99. The van der Waals surface area contributed by atoms with Crippen molar-refractivity contribution in [2.75, 3.05) is 23.9 Å². The summed E-state index contributed by atoms with van der Waals surface area (Å²) >= 11 is -1.34. The van der Waals surface area contributed by atoms with E-state index in [9.17, 15) is 27.3 Å². The molecule has 1 spiro atoms. The van der Waals surface area contributed by atoms with E-state index in [0.29, 0.717) is 36.8 Å². The van der Waals surface area contributed by atoms with Crippen LogP contribution >= 0.6 is 0 Å². The minimum Gasteiger partial charge on any atom is -0.616 e. The average molecular weight is 511 g/mol. The van der Waals surface area contributed by atoms with Crippen molar-refractivity contribution in [1.29, 1.82) is 0 Å². The van der Waals surface area contributed by atoms with E-state index in [1.54, 1.807) is 16.8 Å². The second-order valence-electron chi connectivity index (χ2n) is 9.52. The summed E-state index contributed by atoms with van der Waals surface area (Å²) in [6, 6.07) is 4.78. The number of hydrogen-bond donors (Lipinski definition) is 2. The van der Waals surface area contributed by atoms with Crippen molar-refractivity contribution in [3.8, 4) is 5.75 Å². The first-order chi connectivity index (χ1) is 16.5. The average Bonchev–Trinajstić information content (AvgIpc) is 3.32. The standard InChI is InChI=1S/C23H25F3N4O4S/c1-35(33)11-17(31)27-20-18-19(29-30(20)7-6-13-2-3-13)22(28-21(18)32)9-14-4-5-16(8-15(14)10-22)34-12-23(24,25)26/h4-5,8,13H,2-3,6-7,9-12H2,1H3,(H,27,31)(H,28,32). The molecule has 12 heteroatoms.